The molecule has 1 saturated carbocycles. The highest BCUT2D eigenvalue weighted by molar-refractivity contribution is 5.96. The fourth-order valence-corrected chi connectivity index (χ4v) is 5.16. The van der Waals surface area contributed by atoms with Crippen molar-refractivity contribution < 1.29 is 4.79 Å². The third-order valence-corrected chi connectivity index (χ3v) is 6.98. The fourth-order valence-electron chi connectivity index (χ4n) is 5.16. The normalized spacial score (nSPS) is 27.1. The monoisotopic (exact) mass is 389 g/mol. The van der Waals surface area contributed by atoms with E-state index in [2.05, 4.69) is 64.6 Å². The molecule has 150 valence electrons. The Balaban J connectivity index is 1.38. The van der Waals surface area contributed by atoms with E-state index in [1.165, 1.54) is 5.56 Å². The average Bonchev–Trinajstić information content (AvgIpc) is 3.33. The van der Waals surface area contributed by atoms with Crippen LogP contribution < -0.4 is 10.2 Å². The van der Waals surface area contributed by atoms with E-state index in [9.17, 15) is 4.79 Å². The molecule has 6 heteroatoms. The number of H-pyrrole nitrogens is 1. The van der Waals surface area contributed by atoms with E-state index < -0.39 is 0 Å². The maximum Gasteiger partial charge on any atom is 0.322 e. The van der Waals surface area contributed by atoms with Gasteiger partial charge in [0.05, 0.1) is 24.0 Å². The Labute approximate surface area is 170 Å². The molecule has 1 aliphatic heterocycles. The molecule has 0 atom stereocenters. The molecule has 1 aliphatic carbocycles. The highest BCUT2D eigenvalue weighted by atomic mass is 16.2. The second-order valence-electron chi connectivity index (χ2n) is 8.70. The van der Waals surface area contributed by atoms with Crippen molar-refractivity contribution in [3.05, 3.63) is 60.4 Å². The highest BCUT2D eigenvalue weighted by Crippen LogP contribution is 2.46. The van der Waals surface area contributed by atoms with Gasteiger partial charge < -0.3 is 10.3 Å². The summed E-state index contributed by atoms with van der Waals surface area (Å²) in [6.45, 7) is 0.696. The summed E-state index contributed by atoms with van der Waals surface area (Å²) >= 11 is 0. The first kappa shape index (κ1) is 18.2. The number of nitrogens with zero attached hydrogens (tertiary/aromatic N) is 3. The molecule has 2 aromatic heterocycles. The Morgan fingerprint density at radius 2 is 1.83 bits per heavy atom. The van der Waals surface area contributed by atoms with Crippen molar-refractivity contribution in [1.29, 1.82) is 0 Å². The molecular formula is C23H27N5O. The van der Waals surface area contributed by atoms with E-state index in [1.807, 2.05) is 23.2 Å². The van der Waals surface area contributed by atoms with Gasteiger partial charge in [-0.15, -0.1) is 0 Å². The van der Waals surface area contributed by atoms with Gasteiger partial charge in [-0.05, 0) is 57.5 Å². The molecule has 5 rings (SSSR count). The van der Waals surface area contributed by atoms with Crippen LogP contribution in [0.25, 0.3) is 11.0 Å². The lowest BCUT2D eigenvalue weighted by Gasteiger charge is -2.48. The zero-order chi connectivity index (χ0) is 20.1. The summed E-state index contributed by atoms with van der Waals surface area (Å²) in [4.78, 5) is 24.6. The molecule has 1 spiro atoms. The van der Waals surface area contributed by atoms with Gasteiger partial charge in [0.1, 0.15) is 5.65 Å². The number of aromatic nitrogens is 2. The van der Waals surface area contributed by atoms with Gasteiger partial charge in [0.2, 0.25) is 0 Å². The Bertz CT molecular complexity index is 1030. The van der Waals surface area contributed by atoms with Crippen molar-refractivity contribution in [2.75, 3.05) is 25.5 Å². The number of hydrogen-bond donors (Lipinski definition) is 2. The Morgan fingerprint density at radius 3 is 2.55 bits per heavy atom. The predicted molar refractivity (Wildman–Crippen MR) is 115 cm³/mol. The third kappa shape index (κ3) is 2.90. The second kappa shape index (κ2) is 6.59. The van der Waals surface area contributed by atoms with Crippen LogP contribution in [0.5, 0.6) is 0 Å². The van der Waals surface area contributed by atoms with Crippen molar-refractivity contribution in [2.24, 2.45) is 0 Å². The average molecular weight is 390 g/mol. The number of anilines is 1. The van der Waals surface area contributed by atoms with Crippen LogP contribution >= 0.6 is 0 Å². The number of aromatic amines is 1. The number of amides is 2. The maximum absolute atomic E-state index is 12.9. The van der Waals surface area contributed by atoms with Gasteiger partial charge in [0.25, 0.3) is 0 Å². The van der Waals surface area contributed by atoms with E-state index in [0.29, 0.717) is 6.54 Å². The van der Waals surface area contributed by atoms with Gasteiger partial charge in [0, 0.05) is 17.1 Å². The number of benzene rings is 1. The first-order chi connectivity index (χ1) is 14.0. The molecule has 2 fully saturated rings. The minimum Gasteiger partial charge on any atom is -0.346 e. The van der Waals surface area contributed by atoms with Crippen molar-refractivity contribution in [2.45, 2.75) is 36.8 Å². The second-order valence-corrected chi connectivity index (χ2v) is 8.70. The first-order valence-electron chi connectivity index (χ1n) is 10.3. The summed E-state index contributed by atoms with van der Waals surface area (Å²) in [6.07, 6.45) is 7.62. The van der Waals surface area contributed by atoms with Crippen LogP contribution in [0.4, 0.5) is 10.5 Å². The number of carbonyl (C=O) groups is 1. The summed E-state index contributed by atoms with van der Waals surface area (Å²) in [6, 6.07) is 14.8. The molecule has 29 heavy (non-hydrogen) atoms. The number of urea groups is 1. The summed E-state index contributed by atoms with van der Waals surface area (Å²) in [5, 5.41) is 4.34. The predicted octanol–water partition coefficient (Wildman–Crippen LogP) is 3.86. The van der Waals surface area contributed by atoms with Crippen LogP contribution in [-0.4, -0.2) is 47.1 Å². The lowest BCUT2D eigenvalue weighted by Crippen LogP contribution is -2.54. The Morgan fingerprint density at radius 1 is 1.07 bits per heavy atom. The van der Waals surface area contributed by atoms with Crippen LogP contribution in [0.2, 0.25) is 0 Å². The number of nitrogens with one attached hydrogen (secondary N) is 2. The number of pyridine rings is 1. The van der Waals surface area contributed by atoms with E-state index in [4.69, 9.17) is 0 Å². The van der Waals surface area contributed by atoms with Crippen molar-refractivity contribution >= 4 is 22.8 Å². The van der Waals surface area contributed by atoms with E-state index >= 15 is 0 Å². The summed E-state index contributed by atoms with van der Waals surface area (Å²) in [5.41, 5.74) is 2.93. The Hall–Kier alpha value is -2.86. The number of fused-ring (bicyclic) bond motifs is 1. The fraction of sp³-hybridized carbons (Fsp3) is 0.391. The molecule has 0 bridgehead atoms. The SMILES string of the molecule is CN(C)[C@]1(c2ccccc2)CC[C@@]2(CC1)CN(c1cnc3[nH]ccc3c1)C(=O)N2. The van der Waals surface area contributed by atoms with E-state index in [0.717, 1.165) is 42.4 Å². The minimum absolute atomic E-state index is 0.0150. The molecule has 1 aromatic carbocycles. The lowest BCUT2D eigenvalue weighted by atomic mass is 9.69. The van der Waals surface area contributed by atoms with Gasteiger partial charge in [0.15, 0.2) is 0 Å². The lowest BCUT2D eigenvalue weighted by molar-refractivity contribution is 0.0658. The molecule has 0 unspecified atom stereocenters. The van der Waals surface area contributed by atoms with Crippen molar-refractivity contribution in [3.8, 4) is 0 Å². The highest BCUT2D eigenvalue weighted by Gasteiger charge is 2.50. The zero-order valence-electron chi connectivity index (χ0n) is 17.0. The summed E-state index contributed by atoms with van der Waals surface area (Å²) in [5.74, 6) is 0. The molecule has 3 heterocycles. The van der Waals surface area contributed by atoms with Crippen molar-refractivity contribution in [1.82, 2.24) is 20.2 Å². The van der Waals surface area contributed by atoms with Crippen LogP contribution in [0.3, 0.4) is 0 Å². The molecule has 2 amide bonds. The topological polar surface area (TPSA) is 64.3 Å². The first-order valence-corrected chi connectivity index (χ1v) is 10.3. The quantitative estimate of drug-likeness (QED) is 0.715. The number of rotatable bonds is 3. The van der Waals surface area contributed by atoms with Gasteiger partial charge in [-0.1, -0.05) is 30.3 Å². The summed E-state index contributed by atoms with van der Waals surface area (Å²) in [7, 11) is 4.34. The molecule has 3 aromatic rings. The number of carbonyl (C=O) groups excluding carboxylic acids is 1. The zero-order valence-corrected chi connectivity index (χ0v) is 17.0. The third-order valence-electron chi connectivity index (χ3n) is 6.98. The summed E-state index contributed by atoms with van der Waals surface area (Å²) < 4.78 is 0. The maximum atomic E-state index is 12.9. The van der Waals surface area contributed by atoms with E-state index in [1.54, 1.807) is 6.20 Å². The van der Waals surface area contributed by atoms with Crippen LogP contribution in [0, 0.1) is 0 Å². The molecule has 1 saturated heterocycles. The van der Waals surface area contributed by atoms with E-state index in [-0.39, 0.29) is 17.1 Å². The number of hydrogen-bond acceptors (Lipinski definition) is 3. The van der Waals surface area contributed by atoms with Crippen molar-refractivity contribution in [3.63, 3.8) is 0 Å². The molecule has 6 nitrogen and oxygen atoms in total. The smallest absolute Gasteiger partial charge is 0.322 e. The Kier molecular flexibility index (Phi) is 4.13. The van der Waals surface area contributed by atoms with Gasteiger partial charge in [-0.3, -0.25) is 9.80 Å². The molecular weight excluding hydrogens is 362 g/mol. The molecule has 0 radical (unpaired) electrons. The molecule has 2 aliphatic rings. The van der Waals surface area contributed by atoms with Crippen LogP contribution in [-0.2, 0) is 5.54 Å². The van der Waals surface area contributed by atoms with Gasteiger partial charge in [-0.2, -0.15) is 0 Å². The van der Waals surface area contributed by atoms with Crippen LogP contribution in [0.1, 0.15) is 31.2 Å². The standard InChI is InChI=1S/C23H27N5O/c1-27(2)23(18-6-4-3-5-7-18)11-9-22(10-12-23)16-28(21(29)26-22)19-14-17-8-13-24-20(17)25-15-19/h3-8,13-15H,9-12,16H2,1-2H3,(H,24,25)(H,26,29)/t22-,23-. The van der Waals surface area contributed by atoms with Gasteiger partial charge in [-0.25, -0.2) is 9.78 Å². The molecule has 2 N–H and O–H groups in total. The van der Waals surface area contributed by atoms with Gasteiger partial charge >= 0.3 is 6.03 Å². The largest absolute Gasteiger partial charge is 0.346 e. The van der Waals surface area contributed by atoms with Crippen LogP contribution in [0.15, 0.2) is 54.9 Å². The minimum atomic E-state index is -0.168.